The molecular formula is C19H30N2. The lowest BCUT2D eigenvalue weighted by molar-refractivity contribution is 0.0698. The highest BCUT2D eigenvalue weighted by atomic mass is 15.2. The van der Waals surface area contributed by atoms with Crippen LogP contribution in [0.25, 0.3) is 0 Å². The molecular weight excluding hydrogens is 256 g/mol. The van der Waals surface area contributed by atoms with Gasteiger partial charge < -0.3 is 5.73 Å². The third-order valence-corrected chi connectivity index (χ3v) is 5.90. The molecule has 3 unspecified atom stereocenters. The van der Waals surface area contributed by atoms with Gasteiger partial charge in [-0.25, -0.2) is 0 Å². The molecule has 0 bridgehead atoms. The van der Waals surface area contributed by atoms with Crippen LogP contribution in [0.3, 0.4) is 0 Å². The number of fused-ring (bicyclic) bond motifs is 1. The lowest BCUT2D eigenvalue weighted by Crippen LogP contribution is -2.47. The molecule has 2 nitrogen and oxygen atoms in total. The van der Waals surface area contributed by atoms with Crippen molar-refractivity contribution in [2.75, 3.05) is 13.1 Å². The van der Waals surface area contributed by atoms with E-state index in [1.165, 1.54) is 60.9 Å². The Balaban J connectivity index is 1.92. The van der Waals surface area contributed by atoms with Crippen molar-refractivity contribution in [3.05, 3.63) is 34.4 Å². The van der Waals surface area contributed by atoms with Gasteiger partial charge >= 0.3 is 0 Å². The fourth-order valence-electron chi connectivity index (χ4n) is 4.66. The summed E-state index contributed by atoms with van der Waals surface area (Å²) in [6, 6.07) is 5.92. The summed E-state index contributed by atoms with van der Waals surface area (Å²) in [5, 5.41) is 0. The van der Waals surface area contributed by atoms with Crippen LogP contribution >= 0.6 is 0 Å². The van der Waals surface area contributed by atoms with Crippen molar-refractivity contribution in [3.8, 4) is 0 Å². The first-order valence-corrected chi connectivity index (χ1v) is 8.65. The van der Waals surface area contributed by atoms with Gasteiger partial charge in [0.1, 0.15) is 0 Å². The molecule has 2 aliphatic rings. The molecule has 1 heterocycles. The molecule has 2 fully saturated rings. The molecule has 1 saturated heterocycles. The van der Waals surface area contributed by atoms with Gasteiger partial charge in [-0.1, -0.05) is 18.6 Å². The maximum Gasteiger partial charge on any atom is 0.0476 e. The predicted octanol–water partition coefficient (Wildman–Crippen LogP) is 3.88. The molecule has 2 N–H and O–H groups in total. The van der Waals surface area contributed by atoms with E-state index < -0.39 is 0 Å². The van der Waals surface area contributed by atoms with Gasteiger partial charge in [0.2, 0.25) is 0 Å². The van der Waals surface area contributed by atoms with Crippen molar-refractivity contribution < 1.29 is 0 Å². The number of hydrogen-bond acceptors (Lipinski definition) is 2. The number of rotatable bonds is 3. The Morgan fingerprint density at radius 2 is 1.76 bits per heavy atom. The molecule has 1 saturated carbocycles. The summed E-state index contributed by atoms with van der Waals surface area (Å²) in [4.78, 5) is 2.75. The molecule has 0 amide bonds. The zero-order valence-electron chi connectivity index (χ0n) is 13.9. The minimum absolute atomic E-state index is 0.412. The molecule has 0 radical (unpaired) electrons. The number of benzene rings is 1. The number of hydrogen-bond donors (Lipinski definition) is 1. The van der Waals surface area contributed by atoms with Crippen LogP contribution in [0.5, 0.6) is 0 Å². The fourth-order valence-corrected chi connectivity index (χ4v) is 4.66. The minimum atomic E-state index is 0.412. The van der Waals surface area contributed by atoms with E-state index in [0.717, 1.165) is 18.5 Å². The van der Waals surface area contributed by atoms with E-state index in [0.29, 0.717) is 6.04 Å². The SMILES string of the molecule is Cc1cc(C)c(C(CN)N2CCCC3CCCC32)cc1C. The fraction of sp³-hybridized carbons (Fsp3) is 0.684. The van der Waals surface area contributed by atoms with Gasteiger partial charge in [0.05, 0.1) is 0 Å². The second-order valence-corrected chi connectivity index (χ2v) is 7.18. The van der Waals surface area contributed by atoms with Crippen LogP contribution in [-0.4, -0.2) is 24.0 Å². The maximum absolute atomic E-state index is 6.23. The van der Waals surface area contributed by atoms with Gasteiger partial charge in [0.25, 0.3) is 0 Å². The molecule has 1 aromatic rings. The number of aryl methyl sites for hydroxylation is 3. The highest BCUT2D eigenvalue weighted by molar-refractivity contribution is 5.38. The lowest BCUT2D eigenvalue weighted by atomic mass is 9.87. The van der Waals surface area contributed by atoms with Crippen LogP contribution in [0, 0.1) is 26.7 Å². The first-order valence-electron chi connectivity index (χ1n) is 8.65. The molecule has 3 rings (SSSR count). The quantitative estimate of drug-likeness (QED) is 0.914. The standard InChI is InChI=1S/C19H30N2/c1-13-10-15(3)17(11-14(13)2)19(12-20)21-9-5-7-16-6-4-8-18(16)21/h10-11,16,18-19H,4-9,12,20H2,1-3H3. The van der Waals surface area contributed by atoms with Gasteiger partial charge in [-0.2, -0.15) is 0 Å². The third-order valence-electron chi connectivity index (χ3n) is 5.90. The maximum atomic E-state index is 6.23. The van der Waals surface area contributed by atoms with Crippen LogP contribution in [-0.2, 0) is 0 Å². The van der Waals surface area contributed by atoms with Crippen LogP contribution in [0.15, 0.2) is 12.1 Å². The summed E-state index contributed by atoms with van der Waals surface area (Å²) in [5.41, 5.74) is 11.9. The zero-order chi connectivity index (χ0) is 15.0. The lowest BCUT2D eigenvalue weighted by Gasteiger charge is -2.43. The van der Waals surface area contributed by atoms with E-state index in [-0.39, 0.29) is 0 Å². The Kier molecular flexibility index (Phi) is 4.37. The smallest absolute Gasteiger partial charge is 0.0476 e. The van der Waals surface area contributed by atoms with Crippen molar-refractivity contribution >= 4 is 0 Å². The Bertz CT molecular complexity index is 509. The highest BCUT2D eigenvalue weighted by Gasteiger charge is 2.38. The van der Waals surface area contributed by atoms with E-state index in [1.54, 1.807) is 0 Å². The van der Waals surface area contributed by atoms with E-state index in [9.17, 15) is 0 Å². The number of piperidine rings is 1. The summed E-state index contributed by atoms with van der Waals surface area (Å²) < 4.78 is 0. The Hall–Kier alpha value is -0.860. The topological polar surface area (TPSA) is 29.3 Å². The number of likely N-dealkylation sites (tertiary alicyclic amines) is 1. The Morgan fingerprint density at radius 3 is 2.52 bits per heavy atom. The van der Waals surface area contributed by atoms with Gasteiger partial charge in [-0.3, -0.25) is 4.90 Å². The molecule has 21 heavy (non-hydrogen) atoms. The molecule has 1 aliphatic heterocycles. The molecule has 0 spiro atoms. The van der Waals surface area contributed by atoms with Gasteiger partial charge in [-0.15, -0.1) is 0 Å². The van der Waals surface area contributed by atoms with Crippen molar-refractivity contribution in [1.29, 1.82) is 0 Å². The average molecular weight is 286 g/mol. The third kappa shape index (κ3) is 2.76. The summed E-state index contributed by atoms with van der Waals surface area (Å²) in [6.45, 7) is 8.65. The average Bonchev–Trinajstić information content (AvgIpc) is 2.94. The van der Waals surface area contributed by atoms with Crippen molar-refractivity contribution in [1.82, 2.24) is 4.90 Å². The largest absolute Gasteiger partial charge is 0.329 e. The van der Waals surface area contributed by atoms with Gasteiger partial charge in [0.15, 0.2) is 0 Å². The van der Waals surface area contributed by atoms with Gasteiger partial charge in [-0.05, 0) is 81.2 Å². The Labute approximate surface area is 129 Å². The molecule has 1 aromatic carbocycles. The molecule has 0 aromatic heterocycles. The van der Waals surface area contributed by atoms with Crippen molar-refractivity contribution in [2.45, 2.75) is 65.0 Å². The molecule has 1 aliphatic carbocycles. The second kappa shape index (κ2) is 6.10. The van der Waals surface area contributed by atoms with Crippen molar-refractivity contribution in [3.63, 3.8) is 0 Å². The summed E-state index contributed by atoms with van der Waals surface area (Å²) >= 11 is 0. The van der Waals surface area contributed by atoms with E-state index >= 15 is 0 Å². The Morgan fingerprint density at radius 1 is 1.05 bits per heavy atom. The van der Waals surface area contributed by atoms with Crippen LogP contribution < -0.4 is 5.73 Å². The van der Waals surface area contributed by atoms with E-state index in [1.807, 2.05) is 0 Å². The summed E-state index contributed by atoms with van der Waals surface area (Å²) in [7, 11) is 0. The zero-order valence-corrected chi connectivity index (χ0v) is 13.9. The molecule has 2 heteroatoms. The normalized spacial score (nSPS) is 27.6. The van der Waals surface area contributed by atoms with E-state index in [2.05, 4.69) is 37.8 Å². The van der Waals surface area contributed by atoms with E-state index in [4.69, 9.17) is 5.73 Å². The van der Waals surface area contributed by atoms with Crippen LogP contribution in [0.2, 0.25) is 0 Å². The first kappa shape index (κ1) is 15.1. The number of nitrogens with zero attached hydrogens (tertiary/aromatic N) is 1. The summed E-state index contributed by atoms with van der Waals surface area (Å²) in [6.07, 6.45) is 7.01. The monoisotopic (exact) mass is 286 g/mol. The second-order valence-electron chi connectivity index (χ2n) is 7.18. The van der Waals surface area contributed by atoms with Crippen LogP contribution in [0.4, 0.5) is 0 Å². The first-order chi connectivity index (χ1) is 10.1. The van der Waals surface area contributed by atoms with Crippen LogP contribution in [0.1, 0.15) is 60.4 Å². The predicted molar refractivity (Wildman–Crippen MR) is 89.5 cm³/mol. The molecule has 3 atom stereocenters. The minimum Gasteiger partial charge on any atom is -0.329 e. The highest BCUT2D eigenvalue weighted by Crippen LogP contribution is 2.41. The molecule has 116 valence electrons. The number of nitrogens with two attached hydrogens (primary N) is 1. The summed E-state index contributed by atoms with van der Waals surface area (Å²) in [5.74, 6) is 0.930. The van der Waals surface area contributed by atoms with Crippen molar-refractivity contribution in [2.24, 2.45) is 11.7 Å². The van der Waals surface area contributed by atoms with Gasteiger partial charge in [0, 0.05) is 18.6 Å².